The second kappa shape index (κ2) is 9.62. The number of nitrogens with one attached hydrogen (secondary N) is 1. The lowest BCUT2D eigenvalue weighted by Gasteiger charge is -2.29. The summed E-state index contributed by atoms with van der Waals surface area (Å²) < 4.78 is 19.9. The van der Waals surface area contributed by atoms with Crippen LogP contribution in [0, 0.1) is 5.82 Å². The van der Waals surface area contributed by atoms with Gasteiger partial charge in [0.1, 0.15) is 10.8 Å². The molecule has 1 N–H and O–H groups in total. The van der Waals surface area contributed by atoms with Gasteiger partial charge in [-0.25, -0.2) is 4.39 Å². The van der Waals surface area contributed by atoms with Gasteiger partial charge < -0.3 is 15.0 Å². The molecule has 0 saturated carbocycles. The van der Waals surface area contributed by atoms with Crippen molar-refractivity contribution in [2.24, 2.45) is 0 Å². The number of nitrogens with zero attached hydrogens (tertiary/aromatic N) is 4. The average Bonchev–Trinajstić information content (AvgIpc) is 3.21. The summed E-state index contributed by atoms with van der Waals surface area (Å²) in [5, 5.41) is 13.4. The Kier molecular flexibility index (Phi) is 6.72. The molecular formula is C20H28FN5OS. The van der Waals surface area contributed by atoms with Crippen molar-refractivity contribution in [2.75, 3.05) is 56.2 Å². The maximum absolute atomic E-state index is 14.5. The van der Waals surface area contributed by atoms with Gasteiger partial charge in [0.05, 0.1) is 13.2 Å². The van der Waals surface area contributed by atoms with Gasteiger partial charge in [0, 0.05) is 56.9 Å². The molecule has 2 saturated heterocycles. The van der Waals surface area contributed by atoms with Crippen molar-refractivity contribution in [1.29, 1.82) is 0 Å². The Morgan fingerprint density at radius 1 is 1.07 bits per heavy atom. The fraction of sp³-hybridized carbons (Fsp3) is 0.600. The van der Waals surface area contributed by atoms with E-state index in [0.29, 0.717) is 12.1 Å². The summed E-state index contributed by atoms with van der Waals surface area (Å²) in [6.07, 6.45) is 4.54. The Morgan fingerprint density at radius 2 is 1.89 bits per heavy atom. The summed E-state index contributed by atoms with van der Waals surface area (Å²) in [6.45, 7) is 7.03. The first kappa shape index (κ1) is 19.5. The Bertz CT molecular complexity index is 759. The molecule has 2 aliphatic heterocycles. The van der Waals surface area contributed by atoms with E-state index in [1.54, 1.807) is 17.4 Å². The van der Waals surface area contributed by atoms with Crippen LogP contribution in [0.15, 0.2) is 18.2 Å². The van der Waals surface area contributed by atoms with Crippen LogP contribution in [0.1, 0.15) is 29.8 Å². The Hall–Kier alpha value is -1.77. The molecule has 1 aromatic carbocycles. The first-order valence-corrected chi connectivity index (χ1v) is 11.0. The third kappa shape index (κ3) is 5.18. The molecule has 0 amide bonds. The smallest absolute Gasteiger partial charge is 0.205 e. The van der Waals surface area contributed by atoms with E-state index in [1.807, 2.05) is 12.1 Å². The number of hydrogen-bond acceptors (Lipinski definition) is 7. The number of anilines is 2. The summed E-state index contributed by atoms with van der Waals surface area (Å²) in [5.41, 5.74) is 1.65. The normalized spacial score (nSPS) is 18.4. The van der Waals surface area contributed by atoms with Gasteiger partial charge in [-0.1, -0.05) is 17.4 Å². The van der Waals surface area contributed by atoms with Crippen LogP contribution in [-0.2, 0) is 17.7 Å². The molecule has 152 valence electrons. The highest BCUT2D eigenvalue weighted by molar-refractivity contribution is 7.15. The van der Waals surface area contributed by atoms with Gasteiger partial charge in [0.15, 0.2) is 0 Å². The highest BCUT2D eigenvalue weighted by atomic mass is 32.1. The molecule has 0 aliphatic carbocycles. The largest absolute Gasteiger partial charge is 0.379 e. The molecular weight excluding hydrogens is 377 g/mol. The molecule has 2 aliphatic rings. The van der Waals surface area contributed by atoms with Gasteiger partial charge in [0.25, 0.3) is 0 Å². The van der Waals surface area contributed by atoms with E-state index in [4.69, 9.17) is 4.74 Å². The van der Waals surface area contributed by atoms with Crippen molar-refractivity contribution in [3.8, 4) is 0 Å². The van der Waals surface area contributed by atoms with E-state index in [0.717, 1.165) is 68.2 Å². The van der Waals surface area contributed by atoms with Crippen molar-refractivity contribution in [1.82, 2.24) is 15.1 Å². The molecule has 0 spiro atoms. The third-order valence-electron chi connectivity index (χ3n) is 5.40. The number of halogens is 1. The van der Waals surface area contributed by atoms with Crippen LogP contribution < -0.4 is 10.2 Å². The van der Waals surface area contributed by atoms with Crippen molar-refractivity contribution < 1.29 is 9.13 Å². The minimum atomic E-state index is -0.160. The predicted molar refractivity (Wildman–Crippen MR) is 111 cm³/mol. The Balaban J connectivity index is 1.27. The molecule has 0 radical (unpaired) electrons. The molecule has 0 bridgehead atoms. The molecule has 0 atom stereocenters. The summed E-state index contributed by atoms with van der Waals surface area (Å²) in [6, 6.07) is 5.57. The lowest BCUT2D eigenvalue weighted by Crippen LogP contribution is -2.37. The quantitative estimate of drug-likeness (QED) is 0.764. The van der Waals surface area contributed by atoms with Gasteiger partial charge in [0.2, 0.25) is 5.13 Å². The summed E-state index contributed by atoms with van der Waals surface area (Å²) in [4.78, 5) is 4.66. The van der Waals surface area contributed by atoms with Gasteiger partial charge in [-0.05, 0) is 31.4 Å². The fourth-order valence-electron chi connectivity index (χ4n) is 3.70. The van der Waals surface area contributed by atoms with E-state index in [-0.39, 0.29) is 5.82 Å². The lowest BCUT2D eigenvalue weighted by molar-refractivity contribution is 0.0384. The molecule has 2 aromatic rings. The maximum Gasteiger partial charge on any atom is 0.205 e. The Morgan fingerprint density at radius 3 is 2.68 bits per heavy atom. The van der Waals surface area contributed by atoms with Crippen molar-refractivity contribution in [2.45, 2.75) is 32.2 Å². The SMILES string of the molecule is Fc1cc(N2CCCCC2)ccc1CNc1nnc(CCN2CCOCC2)s1. The van der Waals surface area contributed by atoms with E-state index in [2.05, 4.69) is 25.3 Å². The number of piperidine rings is 1. The topological polar surface area (TPSA) is 53.5 Å². The minimum absolute atomic E-state index is 0.160. The monoisotopic (exact) mass is 405 g/mol. The van der Waals surface area contributed by atoms with Crippen LogP contribution in [0.5, 0.6) is 0 Å². The van der Waals surface area contributed by atoms with Gasteiger partial charge in [-0.15, -0.1) is 10.2 Å². The minimum Gasteiger partial charge on any atom is -0.379 e. The molecule has 8 heteroatoms. The van der Waals surface area contributed by atoms with Crippen LogP contribution in [0.2, 0.25) is 0 Å². The van der Waals surface area contributed by atoms with Crippen LogP contribution in [0.4, 0.5) is 15.2 Å². The lowest BCUT2D eigenvalue weighted by atomic mass is 10.1. The molecule has 2 fully saturated rings. The first-order valence-electron chi connectivity index (χ1n) is 10.2. The van der Waals surface area contributed by atoms with E-state index in [1.165, 1.54) is 19.3 Å². The number of ether oxygens (including phenoxy) is 1. The zero-order chi connectivity index (χ0) is 19.2. The fourth-order valence-corrected chi connectivity index (χ4v) is 4.43. The van der Waals surface area contributed by atoms with Crippen LogP contribution in [0.25, 0.3) is 0 Å². The van der Waals surface area contributed by atoms with Crippen LogP contribution in [-0.4, -0.2) is 61.0 Å². The van der Waals surface area contributed by atoms with E-state index >= 15 is 0 Å². The highest BCUT2D eigenvalue weighted by Gasteiger charge is 2.14. The summed E-state index contributed by atoms with van der Waals surface area (Å²) in [7, 11) is 0. The zero-order valence-corrected chi connectivity index (χ0v) is 17.0. The van der Waals surface area contributed by atoms with Gasteiger partial charge in [-0.2, -0.15) is 0 Å². The van der Waals surface area contributed by atoms with Gasteiger partial charge >= 0.3 is 0 Å². The standard InChI is InChI=1S/C20H28FN5OS/c21-18-14-17(26-7-2-1-3-8-26)5-4-16(18)15-22-20-24-23-19(28-20)6-9-25-10-12-27-13-11-25/h4-5,14H,1-3,6-13,15H2,(H,22,24). The van der Waals surface area contributed by atoms with E-state index < -0.39 is 0 Å². The molecule has 6 nitrogen and oxygen atoms in total. The number of benzene rings is 1. The molecule has 0 unspecified atom stereocenters. The molecule has 3 heterocycles. The molecule has 1 aromatic heterocycles. The van der Waals surface area contributed by atoms with Crippen LogP contribution >= 0.6 is 11.3 Å². The number of hydrogen-bond donors (Lipinski definition) is 1. The van der Waals surface area contributed by atoms with Crippen molar-refractivity contribution in [3.63, 3.8) is 0 Å². The Labute approximate surface area is 169 Å². The highest BCUT2D eigenvalue weighted by Crippen LogP contribution is 2.23. The number of rotatable bonds is 7. The third-order valence-corrected chi connectivity index (χ3v) is 6.34. The second-order valence-corrected chi connectivity index (χ2v) is 8.44. The summed E-state index contributed by atoms with van der Waals surface area (Å²) in [5.74, 6) is -0.160. The van der Waals surface area contributed by atoms with Crippen LogP contribution in [0.3, 0.4) is 0 Å². The molecule has 4 rings (SSSR count). The second-order valence-electron chi connectivity index (χ2n) is 7.38. The van der Waals surface area contributed by atoms with Crippen molar-refractivity contribution in [3.05, 3.63) is 34.6 Å². The average molecular weight is 406 g/mol. The van der Waals surface area contributed by atoms with Gasteiger partial charge in [-0.3, -0.25) is 4.90 Å². The number of aromatic nitrogens is 2. The molecule has 28 heavy (non-hydrogen) atoms. The predicted octanol–water partition coefficient (Wildman–Crippen LogP) is 3.15. The van der Waals surface area contributed by atoms with Crippen molar-refractivity contribution >= 4 is 22.2 Å². The first-order chi connectivity index (χ1) is 13.8. The number of morpholine rings is 1. The summed E-state index contributed by atoms with van der Waals surface area (Å²) >= 11 is 1.55. The van der Waals surface area contributed by atoms with E-state index in [9.17, 15) is 4.39 Å². The maximum atomic E-state index is 14.5. The zero-order valence-electron chi connectivity index (χ0n) is 16.2.